The van der Waals surface area contributed by atoms with Crippen LogP contribution in [0.15, 0.2) is 0 Å². The minimum Gasteiger partial charge on any atom is -0.339 e. The maximum absolute atomic E-state index is 11.9. The Labute approximate surface area is 117 Å². The first-order valence-electron chi connectivity index (χ1n) is 6.22. The van der Waals surface area contributed by atoms with Gasteiger partial charge in [0, 0.05) is 37.4 Å². The molecule has 0 aromatic heterocycles. The van der Waals surface area contributed by atoms with Crippen molar-refractivity contribution in [3.63, 3.8) is 0 Å². The van der Waals surface area contributed by atoms with E-state index < -0.39 is 10.0 Å². The molecule has 1 unspecified atom stereocenters. The summed E-state index contributed by atoms with van der Waals surface area (Å²) >= 11 is 3.42. The van der Waals surface area contributed by atoms with Crippen molar-refractivity contribution < 1.29 is 13.2 Å². The molecular weight excluding hydrogens is 320 g/mol. The molecule has 1 amide bonds. The van der Waals surface area contributed by atoms with E-state index in [-0.39, 0.29) is 11.9 Å². The average molecular weight is 339 g/mol. The zero-order valence-corrected chi connectivity index (χ0v) is 12.9. The van der Waals surface area contributed by atoms with E-state index >= 15 is 0 Å². The van der Waals surface area contributed by atoms with Crippen molar-refractivity contribution in [2.75, 3.05) is 31.2 Å². The van der Waals surface area contributed by atoms with Crippen LogP contribution >= 0.6 is 15.9 Å². The SMILES string of the molecule is CS(=O)(=O)N1CCC(N2CC(CBr)CC2=O)CC1. The van der Waals surface area contributed by atoms with Gasteiger partial charge < -0.3 is 4.90 Å². The lowest BCUT2D eigenvalue weighted by atomic mass is 10.1. The van der Waals surface area contributed by atoms with Crippen LogP contribution in [0.5, 0.6) is 0 Å². The largest absolute Gasteiger partial charge is 0.339 e. The van der Waals surface area contributed by atoms with Gasteiger partial charge in [-0.2, -0.15) is 0 Å². The van der Waals surface area contributed by atoms with Crippen molar-refractivity contribution in [1.29, 1.82) is 0 Å². The summed E-state index contributed by atoms with van der Waals surface area (Å²) in [6, 6.07) is 0.222. The number of carbonyl (C=O) groups is 1. The smallest absolute Gasteiger partial charge is 0.223 e. The lowest BCUT2D eigenvalue weighted by molar-refractivity contribution is -0.130. The van der Waals surface area contributed by atoms with Gasteiger partial charge >= 0.3 is 0 Å². The number of hydrogen-bond acceptors (Lipinski definition) is 3. The van der Waals surface area contributed by atoms with Gasteiger partial charge in [-0.1, -0.05) is 15.9 Å². The number of piperidine rings is 1. The molecule has 0 aliphatic carbocycles. The van der Waals surface area contributed by atoms with Gasteiger partial charge in [-0.15, -0.1) is 0 Å². The molecule has 18 heavy (non-hydrogen) atoms. The van der Waals surface area contributed by atoms with Gasteiger partial charge in [-0.05, 0) is 18.8 Å². The summed E-state index contributed by atoms with van der Waals surface area (Å²) in [5.41, 5.74) is 0. The maximum Gasteiger partial charge on any atom is 0.223 e. The van der Waals surface area contributed by atoms with Crippen LogP contribution in [0, 0.1) is 5.92 Å². The zero-order valence-electron chi connectivity index (χ0n) is 10.5. The number of nitrogens with zero attached hydrogens (tertiary/aromatic N) is 2. The first-order chi connectivity index (χ1) is 8.41. The second kappa shape index (κ2) is 5.46. The topological polar surface area (TPSA) is 57.7 Å². The van der Waals surface area contributed by atoms with E-state index in [0.29, 0.717) is 25.4 Å². The predicted molar refractivity (Wildman–Crippen MR) is 73.1 cm³/mol. The van der Waals surface area contributed by atoms with E-state index in [2.05, 4.69) is 15.9 Å². The minimum atomic E-state index is -3.08. The lowest BCUT2D eigenvalue weighted by Crippen LogP contribution is -2.47. The number of halogens is 1. The van der Waals surface area contributed by atoms with Crippen LogP contribution in [-0.2, 0) is 14.8 Å². The first kappa shape index (κ1) is 14.3. The molecule has 0 bridgehead atoms. The summed E-state index contributed by atoms with van der Waals surface area (Å²) in [5, 5.41) is 0.859. The third-order valence-electron chi connectivity index (χ3n) is 3.79. The maximum atomic E-state index is 11.9. The highest BCUT2D eigenvalue weighted by atomic mass is 79.9. The van der Waals surface area contributed by atoms with Gasteiger partial charge in [0.15, 0.2) is 0 Å². The van der Waals surface area contributed by atoms with E-state index in [0.717, 1.165) is 24.7 Å². The Hall–Kier alpha value is -0.140. The molecule has 2 saturated heterocycles. The molecule has 1 atom stereocenters. The second-order valence-electron chi connectivity index (χ2n) is 5.16. The molecule has 2 rings (SSSR count). The summed E-state index contributed by atoms with van der Waals surface area (Å²) in [6.07, 6.45) is 3.38. The standard InChI is InChI=1S/C11H19BrN2O3S/c1-18(16,17)13-4-2-10(3-5-13)14-8-9(7-12)6-11(14)15/h9-10H,2-8H2,1H3. The Balaban J connectivity index is 1.92. The molecule has 0 aromatic carbocycles. The van der Waals surface area contributed by atoms with E-state index in [4.69, 9.17) is 0 Å². The third-order valence-corrected chi connectivity index (χ3v) is 6.01. The normalized spacial score (nSPS) is 28.0. The van der Waals surface area contributed by atoms with Crippen LogP contribution in [0.1, 0.15) is 19.3 Å². The summed E-state index contributed by atoms with van der Waals surface area (Å²) < 4.78 is 24.3. The fourth-order valence-corrected chi connectivity index (χ4v) is 4.06. The van der Waals surface area contributed by atoms with Gasteiger partial charge in [-0.3, -0.25) is 4.79 Å². The van der Waals surface area contributed by atoms with Crippen LogP contribution in [0.25, 0.3) is 0 Å². The van der Waals surface area contributed by atoms with Gasteiger partial charge in [0.2, 0.25) is 15.9 Å². The molecule has 0 aromatic rings. The minimum absolute atomic E-state index is 0.220. The molecule has 2 heterocycles. The van der Waals surface area contributed by atoms with Crippen LogP contribution in [0.3, 0.4) is 0 Å². The summed E-state index contributed by atoms with van der Waals surface area (Å²) in [4.78, 5) is 13.8. The molecule has 2 aliphatic heterocycles. The Morgan fingerprint density at radius 2 is 1.94 bits per heavy atom. The van der Waals surface area contributed by atoms with Gasteiger partial charge in [0.25, 0.3) is 0 Å². The molecule has 2 fully saturated rings. The number of amides is 1. The van der Waals surface area contributed by atoms with Crippen LogP contribution in [0.2, 0.25) is 0 Å². The van der Waals surface area contributed by atoms with Gasteiger partial charge in [0.1, 0.15) is 0 Å². The van der Waals surface area contributed by atoms with Crippen molar-refractivity contribution in [1.82, 2.24) is 9.21 Å². The summed E-state index contributed by atoms with van der Waals surface area (Å²) in [7, 11) is -3.08. The summed E-state index contributed by atoms with van der Waals surface area (Å²) in [5.74, 6) is 0.627. The van der Waals surface area contributed by atoms with Gasteiger partial charge in [-0.25, -0.2) is 12.7 Å². The number of likely N-dealkylation sites (tertiary alicyclic amines) is 1. The van der Waals surface area contributed by atoms with E-state index in [1.807, 2.05) is 4.90 Å². The molecule has 2 aliphatic rings. The molecule has 0 radical (unpaired) electrons. The van der Waals surface area contributed by atoms with Crippen molar-refractivity contribution in [2.45, 2.75) is 25.3 Å². The Bertz CT molecular complexity index is 418. The average Bonchev–Trinajstić information content (AvgIpc) is 2.70. The number of hydrogen-bond donors (Lipinski definition) is 0. The zero-order chi connectivity index (χ0) is 13.3. The van der Waals surface area contributed by atoms with Crippen LogP contribution < -0.4 is 0 Å². The predicted octanol–water partition coefficient (Wildman–Crippen LogP) is 0.654. The Kier molecular flexibility index (Phi) is 4.33. The number of alkyl halides is 1. The van der Waals surface area contributed by atoms with Crippen molar-refractivity contribution in [3.8, 4) is 0 Å². The fraction of sp³-hybridized carbons (Fsp3) is 0.909. The summed E-state index contributed by atoms with van der Waals surface area (Å²) in [6.45, 7) is 1.88. The highest BCUT2D eigenvalue weighted by molar-refractivity contribution is 9.09. The van der Waals surface area contributed by atoms with Crippen LogP contribution in [-0.4, -0.2) is 60.8 Å². The fourth-order valence-electron chi connectivity index (χ4n) is 2.75. The molecule has 0 spiro atoms. The monoisotopic (exact) mass is 338 g/mol. The molecule has 7 heteroatoms. The number of carbonyl (C=O) groups excluding carboxylic acids is 1. The Morgan fingerprint density at radius 1 is 1.33 bits per heavy atom. The molecule has 0 saturated carbocycles. The van der Waals surface area contributed by atoms with E-state index in [1.54, 1.807) is 0 Å². The number of sulfonamides is 1. The van der Waals surface area contributed by atoms with Gasteiger partial charge in [0.05, 0.1) is 6.26 Å². The van der Waals surface area contributed by atoms with Crippen molar-refractivity contribution in [2.24, 2.45) is 5.92 Å². The highest BCUT2D eigenvalue weighted by Crippen LogP contribution is 2.26. The van der Waals surface area contributed by atoms with Crippen molar-refractivity contribution >= 4 is 31.9 Å². The molecule has 104 valence electrons. The quantitative estimate of drug-likeness (QED) is 0.710. The van der Waals surface area contributed by atoms with Crippen molar-refractivity contribution in [3.05, 3.63) is 0 Å². The molecule has 0 N–H and O–H groups in total. The third kappa shape index (κ3) is 3.05. The lowest BCUT2D eigenvalue weighted by Gasteiger charge is -2.35. The van der Waals surface area contributed by atoms with E-state index in [1.165, 1.54) is 10.6 Å². The first-order valence-corrected chi connectivity index (χ1v) is 9.19. The van der Waals surface area contributed by atoms with E-state index in [9.17, 15) is 13.2 Å². The highest BCUT2D eigenvalue weighted by Gasteiger charge is 2.36. The Morgan fingerprint density at radius 3 is 2.39 bits per heavy atom. The molecule has 5 nitrogen and oxygen atoms in total. The van der Waals surface area contributed by atoms with Crippen LogP contribution in [0.4, 0.5) is 0 Å². The second-order valence-corrected chi connectivity index (χ2v) is 7.79. The molecular formula is C11H19BrN2O3S. The number of rotatable bonds is 3.